The average molecular weight is 741 g/mol. The quantitative estimate of drug-likeness (QED) is 0.0978. The van der Waals surface area contributed by atoms with E-state index < -0.39 is 23.6 Å². The molecule has 3 fully saturated rings. The third-order valence-electron chi connectivity index (χ3n) is 11.6. The van der Waals surface area contributed by atoms with Gasteiger partial charge in [-0.3, -0.25) is 19.7 Å². The summed E-state index contributed by atoms with van der Waals surface area (Å²) >= 11 is 11.9. The first-order valence-electron chi connectivity index (χ1n) is 17.4. The number of phenolic OH excluding ortho intramolecular Hbond substituents is 1. The van der Waals surface area contributed by atoms with E-state index in [9.17, 15) is 29.4 Å². The number of rotatable bonds is 7. The van der Waals surface area contributed by atoms with Crippen molar-refractivity contribution in [1.29, 1.82) is 0 Å². The first-order valence-corrected chi connectivity index (χ1v) is 18.1. The van der Waals surface area contributed by atoms with Crippen molar-refractivity contribution in [1.82, 2.24) is 5.32 Å². The van der Waals surface area contributed by atoms with Crippen LogP contribution in [-0.4, -0.2) is 51.1 Å². The molecule has 0 radical (unpaired) electrons. The maximum atomic E-state index is 11.9. The van der Waals surface area contributed by atoms with E-state index >= 15 is 0 Å². The molecule has 4 N–H and O–H groups in total. The van der Waals surface area contributed by atoms with Crippen LogP contribution in [-0.2, 0) is 20.8 Å². The molecule has 1 heterocycles. The molecule has 0 bridgehead atoms. The van der Waals surface area contributed by atoms with Gasteiger partial charge in [-0.2, -0.15) is 0 Å². The highest BCUT2D eigenvalue weighted by molar-refractivity contribution is 6.45. The molecule has 51 heavy (non-hydrogen) atoms. The number of carboxylic acid groups (broad SMARTS) is 1. The van der Waals surface area contributed by atoms with Gasteiger partial charge < -0.3 is 20.1 Å². The summed E-state index contributed by atoms with van der Waals surface area (Å²) in [5, 5.41) is 31.5. The van der Waals surface area contributed by atoms with Gasteiger partial charge in [0.1, 0.15) is 22.1 Å². The molecule has 2 amide bonds. The zero-order chi connectivity index (χ0) is 37.9. The maximum absolute atomic E-state index is 11.9. The zero-order valence-corrected chi connectivity index (χ0v) is 31.1. The Morgan fingerprint density at radius 2 is 1.78 bits per heavy atom. The van der Waals surface area contributed by atoms with E-state index in [4.69, 9.17) is 39.5 Å². The summed E-state index contributed by atoms with van der Waals surface area (Å²) in [4.78, 5) is 44.1. The lowest BCUT2D eigenvalue weighted by Crippen LogP contribution is -2.50. The molecule has 1 aliphatic heterocycles. The van der Waals surface area contributed by atoms with Gasteiger partial charge in [-0.1, -0.05) is 69.5 Å². The van der Waals surface area contributed by atoms with Gasteiger partial charge in [0.2, 0.25) is 11.8 Å². The second-order valence-corrected chi connectivity index (χ2v) is 15.2. The van der Waals surface area contributed by atoms with E-state index in [0.29, 0.717) is 41.9 Å². The number of aryl methyl sites for hydroxylation is 1. The summed E-state index contributed by atoms with van der Waals surface area (Å²) in [5.41, 5.74) is 1.90. The third kappa shape index (κ3) is 7.99. The summed E-state index contributed by atoms with van der Waals surface area (Å²) in [7, 11) is 0. The molecule has 6 atom stereocenters. The molecule has 2 aromatic carbocycles. The van der Waals surface area contributed by atoms with Crippen LogP contribution in [0, 0.1) is 35.0 Å². The van der Waals surface area contributed by atoms with Crippen molar-refractivity contribution in [2.24, 2.45) is 22.7 Å². The molecule has 274 valence electrons. The van der Waals surface area contributed by atoms with Crippen molar-refractivity contribution in [3.05, 3.63) is 69.2 Å². The Morgan fingerprint density at radius 1 is 1.08 bits per heavy atom. The SMILES string of the molecule is C#C[C@]1(O)CC[C@H]2[C@@H]3CCc4cc(O)ccc4[C@H]3CC[C@@]21C.C=C(CC)C(=O)c1ccc(OCC(=O)O)c(Cl)c1Cl.CCC1(C)CC(=O)NC1=O. The number of aliphatic hydroxyl groups is 1. The van der Waals surface area contributed by atoms with Crippen LogP contribution in [0.5, 0.6) is 11.5 Å². The van der Waals surface area contributed by atoms with Crippen LogP contribution >= 0.6 is 23.2 Å². The number of benzene rings is 2. The maximum Gasteiger partial charge on any atom is 0.341 e. The van der Waals surface area contributed by atoms with E-state index in [1.54, 1.807) is 6.92 Å². The second-order valence-electron chi connectivity index (χ2n) is 14.5. The van der Waals surface area contributed by atoms with E-state index in [-0.39, 0.29) is 44.4 Å². The molecule has 9 nitrogen and oxygen atoms in total. The molecule has 0 aromatic heterocycles. The lowest BCUT2D eigenvalue weighted by molar-refractivity contribution is -0.139. The van der Waals surface area contributed by atoms with Crippen molar-refractivity contribution < 1.29 is 39.2 Å². The van der Waals surface area contributed by atoms with Crippen LogP contribution in [0.3, 0.4) is 0 Å². The lowest BCUT2D eigenvalue weighted by atomic mass is 9.53. The fourth-order valence-corrected chi connectivity index (χ4v) is 8.63. The van der Waals surface area contributed by atoms with Gasteiger partial charge in [-0.25, -0.2) is 4.79 Å². The Bertz CT molecular complexity index is 1770. The van der Waals surface area contributed by atoms with E-state index in [2.05, 4.69) is 30.8 Å². The fourth-order valence-electron chi connectivity index (χ4n) is 8.17. The highest BCUT2D eigenvalue weighted by Crippen LogP contribution is 2.64. The summed E-state index contributed by atoms with van der Waals surface area (Å²) in [5.74, 6) is 3.24. The first kappa shape index (κ1) is 39.9. The number of allylic oxidation sites excluding steroid dienone is 1. The summed E-state index contributed by atoms with van der Waals surface area (Å²) in [6.45, 7) is 10.9. The van der Waals surface area contributed by atoms with Crippen LogP contribution in [0.2, 0.25) is 10.0 Å². The number of amides is 2. The smallest absolute Gasteiger partial charge is 0.341 e. The summed E-state index contributed by atoms with van der Waals surface area (Å²) < 4.78 is 4.95. The Balaban J connectivity index is 0.000000184. The average Bonchev–Trinajstić information content (AvgIpc) is 3.54. The van der Waals surface area contributed by atoms with E-state index in [1.807, 2.05) is 26.0 Å². The zero-order valence-electron chi connectivity index (χ0n) is 29.6. The Labute approximate surface area is 309 Å². The molecule has 1 saturated heterocycles. The summed E-state index contributed by atoms with van der Waals surface area (Å²) in [6.07, 6.45) is 13.4. The number of aromatic hydroxyl groups is 1. The van der Waals surface area contributed by atoms with Crippen molar-refractivity contribution in [3.8, 4) is 23.8 Å². The van der Waals surface area contributed by atoms with Crippen LogP contribution in [0.1, 0.15) is 106 Å². The van der Waals surface area contributed by atoms with Gasteiger partial charge in [-0.05, 0) is 110 Å². The third-order valence-corrected chi connectivity index (χ3v) is 12.5. The first-order chi connectivity index (χ1) is 23.9. The Morgan fingerprint density at radius 3 is 2.35 bits per heavy atom. The molecule has 6 rings (SSSR count). The number of aliphatic carboxylic acids is 1. The Hall–Kier alpha value is -3.84. The molecule has 0 spiro atoms. The van der Waals surface area contributed by atoms with Gasteiger partial charge in [0.25, 0.3) is 0 Å². The molecule has 3 aliphatic carbocycles. The van der Waals surface area contributed by atoms with E-state index in [0.717, 1.165) is 44.9 Å². The number of fused-ring (bicyclic) bond motifs is 5. The molecule has 1 unspecified atom stereocenters. The predicted molar refractivity (Wildman–Crippen MR) is 196 cm³/mol. The van der Waals surface area contributed by atoms with Crippen molar-refractivity contribution in [3.63, 3.8) is 0 Å². The predicted octanol–water partition coefficient (Wildman–Crippen LogP) is 7.67. The van der Waals surface area contributed by atoms with Crippen LogP contribution < -0.4 is 10.1 Å². The number of hydrogen-bond acceptors (Lipinski definition) is 7. The monoisotopic (exact) mass is 739 g/mol. The number of ketones is 1. The number of phenols is 1. The topological polar surface area (TPSA) is 150 Å². The largest absolute Gasteiger partial charge is 0.508 e. The number of carbonyl (C=O) groups is 4. The highest BCUT2D eigenvalue weighted by atomic mass is 35.5. The number of ether oxygens (including phenoxy) is 1. The standard InChI is InChI=1S/C20H24O2.C13H12Cl2O4.C7H11NO2/c1-3-20(22)11-9-18-17-6-4-13-12-14(21)5-7-15(13)16(17)8-10-19(18,20)2;1-3-7(2)13(18)8-4-5-9(12(15)11(8)14)19-6-10(16)17;1-3-7(2)4-5(9)8-6(7)10/h1,5,7,12,16-18,21-22H,4,6,8-11H2,2H3;4-5H,2-3,6H2,1H3,(H,16,17);3-4H2,1-2H3,(H,8,9,10)/t16-,17-,18+,19+,20+;;/m1../s1. The normalized spacial score (nSPS) is 28.6. The van der Waals surface area contributed by atoms with Gasteiger partial charge in [-0.15, -0.1) is 6.42 Å². The molecular formula is C40H47Cl2NO8. The number of carboxylic acids is 1. The molecule has 2 aromatic rings. The number of terminal acetylenes is 1. The van der Waals surface area contributed by atoms with Gasteiger partial charge >= 0.3 is 5.97 Å². The number of imide groups is 1. The van der Waals surface area contributed by atoms with Crippen LogP contribution in [0.4, 0.5) is 0 Å². The van der Waals surface area contributed by atoms with Gasteiger partial charge in [0.15, 0.2) is 12.4 Å². The number of Topliss-reactive ketones (excluding diaryl/α,β-unsaturated/α-hetero) is 1. The molecule has 11 heteroatoms. The van der Waals surface area contributed by atoms with Gasteiger partial charge in [0, 0.05) is 17.4 Å². The minimum Gasteiger partial charge on any atom is -0.508 e. The molecular weight excluding hydrogens is 693 g/mol. The van der Waals surface area contributed by atoms with Crippen molar-refractivity contribution >= 4 is 46.8 Å². The molecule has 2 saturated carbocycles. The minimum absolute atomic E-state index is 0.0117. The fraction of sp³-hybridized carbons (Fsp3) is 0.500. The number of carbonyl (C=O) groups excluding carboxylic acids is 3. The van der Waals surface area contributed by atoms with Gasteiger partial charge in [0.05, 0.1) is 10.4 Å². The van der Waals surface area contributed by atoms with E-state index in [1.165, 1.54) is 23.3 Å². The lowest BCUT2D eigenvalue weighted by Gasteiger charge is -2.52. The number of nitrogens with one attached hydrogen (secondary N) is 1. The van der Waals surface area contributed by atoms with Crippen LogP contribution in [0.15, 0.2) is 42.5 Å². The molecule has 4 aliphatic rings. The minimum atomic E-state index is -1.13. The highest BCUT2D eigenvalue weighted by Gasteiger charge is 2.61. The second kappa shape index (κ2) is 15.8. The number of halogens is 2. The number of hydrogen-bond donors (Lipinski definition) is 4. The summed E-state index contributed by atoms with van der Waals surface area (Å²) in [6, 6.07) is 8.72. The van der Waals surface area contributed by atoms with Crippen molar-refractivity contribution in [2.45, 2.75) is 97.0 Å². The van der Waals surface area contributed by atoms with Crippen molar-refractivity contribution in [2.75, 3.05) is 6.61 Å². The Kier molecular flexibility index (Phi) is 12.4. The van der Waals surface area contributed by atoms with Crippen LogP contribution in [0.25, 0.3) is 0 Å².